The van der Waals surface area contributed by atoms with Gasteiger partial charge in [0.15, 0.2) is 11.2 Å². The monoisotopic (exact) mass is 1020 g/mol. The number of hydrogen-bond acceptors (Lipinski definition) is 14. The summed E-state index contributed by atoms with van der Waals surface area (Å²) in [6, 6.07) is 17.0. The average molecular weight is 1020 g/mol. The molecular formula is C48H52Br2N12O4. The summed E-state index contributed by atoms with van der Waals surface area (Å²) in [4.78, 5) is 59.5. The first-order chi connectivity index (χ1) is 32.3. The summed E-state index contributed by atoms with van der Waals surface area (Å²) in [6.45, 7) is 9.03. The van der Waals surface area contributed by atoms with E-state index in [9.17, 15) is 9.59 Å². The Labute approximate surface area is 398 Å². The number of halogens is 2. The van der Waals surface area contributed by atoms with Gasteiger partial charge in [-0.2, -0.15) is 9.97 Å². The average Bonchev–Trinajstić information content (AvgIpc) is 4.00. The molecule has 16 nitrogen and oxygen atoms in total. The maximum Gasteiger partial charge on any atom is 0.299 e. The fourth-order valence-electron chi connectivity index (χ4n) is 9.64. The highest BCUT2D eigenvalue weighted by molar-refractivity contribution is 9.10. The molecule has 0 aromatic carbocycles. The molecule has 18 heteroatoms. The van der Waals surface area contributed by atoms with E-state index in [0.717, 1.165) is 76.7 Å². The Balaban J connectivity index is 0.000000129. The SMILES string of the molecule is Brc1cnc2nc(N3CCC(N4CCCCC4)CC3)oc2c1.O=c1ccnc2ccc(-c3cnc4nc(N5CCC(N6CCCCC6)CC5)oc4c3)cn12.O=c1ccnc2ccc(Br)cn12. The number of oxazole rings is 2. The number of likely N-dealkylation sites (tertiary alicyclic amines) is 2. The number of anilines is 2. The second-order valence-corrected chi connectivity index (χ2v) is 19.3. The fraction of sp³-hybridized carbons (Fsp3) is 0.417. The molecule has 12 rings (SSSR count). The predicted molar refractivity (Wildman–Crippen MR) is 262 cm³/mol. The topological polar surface area (TPSA) is 160 Å². The van der Waals surface area contributed by atoms with Crippen molar-refractivity contribution in [3.8, 4) is 11.1 Å². The number of aromatic nitrogens is 8. The first kappa shape index (κ1) is 44.3. The molecule has 8 aromatic heterocycles. The Morgan fingerprint density at radius 3 is 1.56 bits per heavy atom. The molecule has 0 aliphatic carbocycles. The lowest BCUT2D eigenvalue weighted by atomic mass is 10.0. The number of nitrogens with zero attached hydrogens (tertiary/aromatic N) is 12. The summed E-state index contributed by atoms with van der Waals surface area (Å²) >= 11 is 6.70. The van der Waals surface area contributed by atoms with Crippen LogP contribution in [0, 0.1) is 0 Å². The standard InChI is InChI=1S/C24H26N6O2.C16H21BrN4O.C8H5BrN2O/c31-22-6-9-25-21-5-4-17(16-30(21)22)18-14-20-23(26-15-18)27-24(32-20)29-12-7-19(8-13-29)28-10-2-1-3-11-28;17-12-10-14-15(18-11-12)19-16(22-14)21-8-4-13(5-9-21)20-6-2-1-3-7-20;9-6-1-2-7-10-4-3-8(12)11(7)5-6/h4-6,9,14-16,19H,1-3,7-8,10-13H2;10-11,13H,1-9H2;1-5H. The summed E-state index contributed by atoms with van der Waals surface area (Å²) in [5, 5.41) is 0. The van der Waals surface area contributed by atoms with Crippen LogP contribution in [0.1, 0.15) is 64.2 Å². The summed E-state index contributed by atoms with van der Waals surface area (Å²) in [6.07, 6.45) is 22.9. The molecule has 0 radical (unpaired) electrons. The predicted octanol–water partition coefficient (Wildman–Crippen LogP) is 8.25. The fourth-order valence-corrected chi connectivity index (χ4v) is 10.3. The van der Waals surface area contributed by atoms with Gasteiger partial charge in [0, 0.05) is 114 Å². The minimum absolute atomic E-state index is 0.0682. The van der Waals surface area contributed by atoms with E-state index in [1.165, 1.54) is 111 Å². The molecule has 8 aromatic rings. The number of piperidine rings is 4. The zero-order valence-electron chi connectivity index (χ0n) is 36.7. The van der Waals surface area contributed by atoms with Gasteiger partial charge in [0.25, 0.3) is 23.1 Å². The van der Waals surface area contributed by atoms with Gasteiger partial charge >= 0.3 is 0 Å². The number of hydrogen-bond donors (Lipinski definition) is 0. The molecule has 0 amide bonds. The smallest absolute Gasteiger partial charge is 0.299 e. The van der Waals surface area contributed by atoms with Crippen LogP contribution < -0.4 is 20.9 Å². The van der Waals surface area contributed by atoms with Crippen LogP contribution in [0.4, 0.5) is 12.0 Å². The number of fused-ring (bicyclic) bond motifs is 4. The van der Waals surface area contributed by atoms with Crippen LogP contribution in [0.3, 0.4) is 0 Å². The molecule has 0 saturated carbocycles. The Morgan fingerprint density at radius 2 is 1.00 bits per heavy atom. The highest BCUT2D eigenvalue weighted by atomic mass is 79.9. The highest BCUT2D eigenvalue weighted by Crippen LogP contribution is 2.30. The van der Waals surface area contributed by atoms with Crippen molar-refractivity contribution in [1.29, 1.82) is 0 Å². The summed E-state index contributed by atoms with van der Waals surface area (Å²) in [7, 11) is 0. The second kappa shape index (κ2) is 20.1. The van der Waals surface area contributed by atoms with Gasteiger partial charge in [-0.3, -0.25) is 18.4 Å². The van der Waals surface area contributed by atoms with Gasteiger partial charge in [0.05, 0.1) is 0 Å². The molecule has 0 N–H and O–H groups in total. The summed E-state index contributed by atoms with van der Waals surface area (Å²) in [5.74, 6) is 0. The van der Waals surface area contributed by atoms with Crippen LogP contribution in [0.15, 0.2) is 113 Å². The van der Waals surface area contributed by atoms with Gasteiger partial charge < -0.3 is 28.4 Å². The molecule has 4 fully saturated rings. The molecule has 0 bridgehead atoms. The van der Waals surface area contributed by atoms with E-state index in [4.69, 9.17) is 8.83 Å². The lowest BCUT2D eigenvalue weighted by Crippen LogP contribution is -2.46. The van der Waals surface area contributed by atoms with Gasteiger partial charge in [-0.15, -0.1) is 0 Å². The molecule has 0 atom stereocenters. The number of rotatable bonds is 5. The van der Waals surface area contributed by atoms with Crippen molar-refractivity contribution >= 4 is 77.6 Å². The molecule has 66 heavy (non-hydrogen) atoms. The van der Waals surface area contributed by atoms with Crippen molar-refractivity contribution in [2.24, 2.45) is 0 Å². The van der Waals surface area contributed by atoms with Crippen molar-refractivity contribution in [3.05, 3.63) is 115 Å². The Kier molecular flexibility index (Phi) is 13.5. The van der Waals surface area contributed by atoms with Crippen molar-refractivity contribution in [2.45, 2.75) is 76.3 Å². The minimum Gasteiger partial charge on any atom is -0.422 e. The normalized spacial score (nSPS) is 18.1. The Hall–Kier alpha value is -5.56. The Bertz CT molecular complexity index is 3050. The first-order valence-electron chi connectivity index (χ1n) is 23.1. The van der Waals surface area contributed by atoms with E-state index in [1.807, 2.05) is 30.3 Å². The van der Waals surface area contributed by atoms with E-state index >= 15 is 0 Å². The van der Waals surface area contributed by atoms with Gasteiger partial charge in [0.1, 0.15) is 11.3 Å². The minimum atomic E-state index is -0.110. The molecule has 12 heterocycles. The van der Waals surface area contributed by atoms with Gasteiger partial charge in [-0.05, 0) is 140 Å². The molecule has 4 aliphatic rings. The van der Waals surface area contributed by atoms with Crippen molar-refractivity contribution in [1.82, 2.24) is 48.5 Å². The third-order valence-electron chi connectivity index (χ3n) is 13.2. The van der Waals surface area contributed by atoms with E-state index in [2.05, 4.69) is 81.4 Å². The van der Waals surface area contributed by atoms with Crippen LogP contribution in [0.2, 0.25) is 0 Å². The Morgan fingerprint density at radius 1 is 0.500 bits per heavy atom. The summed E-state index contributed by atoms with van der Waals surface area (Å²) in [5.41, 5.74) is 5.57. The molecule has 4 saturated heterocycles. The maximum absolute atomic E-state index is 12.1. The first-order valence-corrected chi connectivity index (χ1v) is 24.7. The molecular weight excluding hydrogens is 968 g/mol. The molecule has 0 spiro atoms. The third-order valence-corrected chi connectivity index (χ3v) is 14.1. The van der Waals surface area contributed by atoms with Gasteiger partial charge in [0.2, 0.25) is 11.3 Å². The molecule has 342 valence electrons. The maximum atomic E-state index is 12.1. The van der Waals surface area contributed by atoms with Crippen molar-refractivity contribution < 1.29 is 8.83 Å². The largest absolute Gasteiger partial charge is 0.422 e. The van der Waals surface area contributed by atoms with E-state index in [-0.39, 0.29) is 11.1 Å². The lowest BCUT2D eigenvalue weighted by molar-refractivity contribution is 0.140. The second-order valence-electron chi connectivity index (χ2n) is 17.4. The molecule has 0 unspecified atom stereocenters. The lowest BCUT2D eigenvalue weighted by Gasteiger charge is -2.39. The summed E-state index contributed by atoms with van der Waals surface area (Å²) < 4.78 is 16.8. The quantitative estimate of drug-likeness (QED) is 0.162. The van der Waals surface area contributed by atoms with Gasteiger partial charge in [-0.1, -0.05) is 12.8 Å². The van der Waals surface area contributed by atoms with Crippen LogP contribution >= 0.6 is 31.9 Å². The van der Waals surface area contributed by atoms with Gasteiger partial charge in [-0.25, -0.2) is 19.9 Å². The van der Waals surface area contributed by atoms with Crippen LogP contribution in [0.5, 0.6) is 0 Å². The highest BCUT2D eigenvalue weighted by Gasteiger charge is 2.29. The van der Waals surface area contributed by atoms with E-state index < -0.39 is 0 Å². The van der Waals surface area contributed by atoms with Crippen LogP contribution in [-0.4, -0.2) is 113 Å². The van der Waals surface area contributed by atoms with Crippen LogP contribution in [-0.2, 0) is 0 Å². The van der Waals surface area contributed by atoms with Crippen molar-refractivity contribution in [3.63, 3.8) is 0 Å². The van der Waals surface area contributed by atoms with Crippen LogP contribution in [0.25, 0.3) is 44.9 Å². The van der Waals surface area contributed by atoms with E-state index in [0.29, 0.717) is 40.2 Å². The number of pyridine rings is 4. The zero-order chi connectivity index (χ0) is 45.0. The molecule has 4 aliphatic heterocycles. The zero-order valence-corrected chi connectivity index (χ0v) is 39.9. The van der Waals surface area contributed by atoms with Crippen molar-refractivity contribution in [2.75, 3.05) is 62.2 Å². The third kappa shape index (κ3) is 10.1. The van der Waals surface area contributed by atoms with E-state index in [1.54, 1.807) is 30.9 Å².